The normalized spacial score (nSPS) is 24.5. The zero-order chi connectivity index (χ0) is 11.7. The van der Waals surface area contributed by atoms with Gasteiger partial charge in [-0.05, 0) is 49.9 Å². The number of fused-ring (bicyclic) bond motifs is 1. The van der Waals surface area contributed by atoms with Crippen LogP contribution in [0.3, 0.4) is 0 Å². The van der Waals surface area contributed by atoms with E-state index in [2.05, 4.69) is 41.5 Å². The zero-order valence-corrected chi connectivity index (χ0v) is 10.7. The van der Waals surface area contributed by atoms with Crippen molar-refractivity contribution < 1.29 is 0 Å². The number of rotatable bonds is 3. The van der Waals surface area contributed by atoms with E-state index in [1.54, 1.807) is 5.56 Å². The summed E-state index contributed by atoms with van der Waals surface area (Å²) < 4.78 is 0. The Bertz CT molecular complexity index is 384. The molecule has 2 heteroatoms. The third-order valence-electron chi connectivity index (χ3n) is 4.10. The summed E-state index contributed by atoms with van der Waals surface area (Å²) in [4.78, 5) is 2.57. The van der Waals surface area contributed by atoms with E-state index in [0.717, 1.165) is 19.0 Å². The van der Waals surface area contributed by atoms with E-state index in [-0.39, 0.29) is 0 Å². The summed E-state index contributed by atoms with van der Waals surface area (Å²) in [5, 5.41) is 3.53. The van der Waals surface area contributed by atoms with Gasteiger partial charge in [0.05, 0.1) is 0 Å². The first-order chi connectivity index (χ1) is 8.34. The molecular weight excluding hydrogens is 208 g/mol. The molecule has 92 valence electrons. The highest BCUT2D eigenvalue weighted by atomic mass is 15.1. The molecule has 1 heterocycles. The average Bonchev–Trinajstić information content (AvgIpc) is 3.14. The molecule has 1 saturated carbocycles. The Balaban J connectivity index is 1.82. The van der Waals surface area contributed by atoms with Crippen molar-refractivity contribution in [2.24, 2.45) is 5.92 Å². The van der Waals surface area contributed by atoms with Crippen LogP contribution in [0.2, 0.25) is 0 Å². The fraction of sp³-hybridized carbons (Fsp3) is 0.600. The van der Waals surface area contributed by atoms with Crippen molar-refractivity contribution in [3.8, 4) is 0 Å². The minimum atomic E-state index is 0.613. The fourth-order valence-electron chi connectivity index (χ4n) is 2.93. The lowest BCUT2D eigenvalue weighted by Gasteiger charge is -2.28. The van der Waals surface area contributed by atoms with Gasteiger partial charge in [0.1, 0.15) is 0 Å². The molecule has 0 bridgehead atoms. The summed E-state index contributed by atoms with van der Waals surface area (Å²) in [5.74, 6) is 0.975. The minimum absolute atomic E-state index is 0.613. The van der Waals surface area contributed by atoms with E-state index in [0.29, 0.717) is 6.04 Å². The summed E-state index contributed by atoms with van der Waals surface area (Å²) in [6.45, 7) is 3.44. The van der Waals surface area contributed by atoms with E-state index in [9.17, 15) is 0 Å². The second-order valence-corrected chi connectivity index (χ2v) is 5.56. The van der Waals surface area contributed by atoms with Crippen LogP contribution < -0.4 is 5.32 Å². The third-order valence-corrected chi connectivity index (χ3v) is 4.10. The molecule has 1 aromatic rings. The monoisotopic (exact) mass is 230 g/mol. The summed E-state index contributed by atoms with van der Waals surface area (Å²) in [6.07, 6.45) is 4.12. The van der Waals surface area contributed by atoms with Crippen LogP contribution in [0.4, 0.5) is 0 Å². The van der Waals surface area contributed by atoms with Crippen LogP contribution in [0.15, 0.2) is 24.3 Å². The van der Waals surface area contributed by atoms with Crippen LogP contribution in [0.5, 0.6) is 0 Å². The van der Waals surface area contributed by atoms with Gasteiger partial charge in [-0.2, -0.15) is 0 Å². The first-order valence-corrected chi connectivity index (χ1v) is 6.83. The van der Waals surface area contributed by atoms with Crippen LogP contribution in [0.25, 0.3) is 0 Å². The molecule has 1 aliphatic heterocycles. The fourth-order valence-corrected chi connectivity index (χ4v) is 2.93. The summed E-state index contributed by atoms with van der Waals surface area (Å²) in [7, 11) is 2.30. The molecule has 0 spiro atoms. The molecule has 0 saturated heterocycles. The number of nitrogens with zero attached hydrogens (tertiary/aromatic N) is 1. The number of benzene rings is 1. The number of hydrogen-bond acceptors (Lipinski definition) is 2. The van der Waals surface area contributed by atoms with Gasteiger partial charge in [0.2, 0.25) is 0 Å². The van der Waals surface area contributed by atoms with Gasteiger partial charge >= 0.3 is 0 Å². The maximum Gasteiger partial charge on any atom is 0.0360 e. The summed E-state index contributed by atoms with van der Waals surface area (Å²) >= 11 is 0. The molecule has 1 fully saturated rings. The third kappa shape index (κ3) is 2.53. The molecule has 1 aromatic carbocycles. The Hall–Kier alpha value is -0.860. The van der Waals surface area contributed by atoms with Crippen LogP contribution in [-0.4, -0.2) is 25.0 Å². The average molecular weight is 230 g/mol. The Morgan fingerprint density at radius 1 is 1.24 bits per heavy atom. The van der Waals surface area contributed by atoms with Gasteiger partial charge in [0.15, 0.2) is 0 Å². The second-order valence-electron chi connectivity index (χ2n) is 5.56. The number of hydrogen-bond donors (Lipinski definition) is 1. The van der Waals surface area contributed by atoms with Crippen molar-refractivity contribution in [3.05, 3.63) is 35.4 Å². The minimum Gasteiger partial charge on any atom is -0.313 e. The van der Waals surface area contributed by atoms with Crippen molar-refractivity contribution >= 4 is 0 Å². The molecule has 1 N–H and O–H groups in total. The lowest BCUT2D eigenvalue weighted by Crippen LogP contribution is -2.28. The highest BCUT2D eigenvalue weighted by Gasteiger charge is 2.28. The van der Waals surface area contributed by atoms with Crippen molar-refractivity contribution in [1.82, 2.24) is 10.2 Å². The lowest BCUT2D eigenvalue weighted by atomic mass is 9.98. The lowest BCUT2D eigenvalue weighted by molar-refractivity contribution is 0.226. The van der Waals surface area contributed by atoms with Crippen molar-refractivity contribution in [2.45, 2.75) is 31.8 Å². The molecule has 1 aliphatic carbocycles. The molecule has 0 amide bonds. The molecule has 0 aromatic heterocycles. The quantitative estimate of drug-likeness (QED) is 0.858. The molecule has 0 radical (unpaired) electrons. The van der Waals surface area contributed by atoms with E-state index < -0.39 is 0 Å². The van der Waals surface area contributed by atoms with Gasteiger partial charge in [-0.1, -0.05) is 24.3 Å². The van der Waals surface area contributed by atoms with E-state index in [4.69, 9.17) is 0 Å². The van der Waals surface area contributed by atoms with Crippen LogP contribution in [0.1, 0.15) is 36.4 Å². The molecule has 3 rings (SSSR count). The van der Waals surface area contributed by atoms with Crippen molar-refractivity contribution in [1.29, 1.82) is 0 Å². The van der Waals surface area contributed by atoms with Crippen LogP contribution in [-0.2, 0) is 6.54 Å². The number of nitrogens with one attached hydrogen (secondary N) is 1. The Morgan fingerprint density at radius 2 is 2.06 bits per heavy atom. The summed E-state index contributed by atoms with van der Waals surface area (Å²) in [6, 6.07) is 9.54. The van der Waals surface area contributed by atoms with Gasteiger partial charge in [0, 0.05) is 19.1 Å². The molecule has 1 atom stereocenters. The molecule has 1 unspecified atom stereocenters. The maximum absolute atomic E-state index is 3.53. The zero-order valence-electron chi connectivity index (χ0n) is 10.7. The van der Waals surface area contributed by atoms with Crippen LogP contribution in [0, 0.1) is 5.92 Å². The predicted molar refractivity (Wildman–Crippen MR) is 70.9 cm³/mol. The Morgan fingerprint density at radius 3 is 2.88 bits per heavy atom. The van der Waals surface area contributed by atoms with Gasteiger partial charge < -0.3 is 5.32 Å². The van der Waals surface area contributed by atoms with Gasteiger partial charge in [0.25, 0.3) is 0 Å². The van der Waals surface area contributed by atoms with Gasteiger partial charge in [-0.25, -0.2) is 0 Å². The van der Waals surface area contributed by atoms with Gasteiger partial charge in [-0.3, -0.25) is 4.90 Å². The van der Waals surface area contributed by atoms with Gasteiger partial charge in [-0.15, -0.1) is 0 Å². The van der Waals surface area contributed by atoms with E-state index in [1.807, 2.05) is 0 Å². The molecule has 2 aliphatic rings. The summed E-state index contributed by atoms with van der Waals surface area (Å²) in [5.41, 5.74) is 3.03. The molecule has 17 heavy (non-hydrogen) atoms. The van der Waals surface area contributed by atoms with Crippen molar-refractivity contribution in [3.63, 3.8) is 0 Å². The standard InChI is InChI=1S/C15H22N2/c1-17(11-12-6-7-12)15-8-9-16-10-13-4-2-3-5-14(13)15/h2-5,12,15-16H,6-11H2,1H3. The molecular formula is C15H22N2. The topological polar surface area (TPSA) is 15.3 Å². The van der Waals surface area contributed by atoms with E-state index >= 15 is 0 Å². The van der Waals surface area contributed by atoms with E-state index in [1.165, 1.54) is 31.4 Å². The highest BCUT2D eigenvalue weighted by Crippen LogP contribution is 2.34. The van der Waals surface area contributed by atoms with Crippen LogP contribution >= 0.6 is 0 Å². The molecule has 2 nitrogen and oxygen atoms in total. The predicted octanol–water partition coefficient (Wildman–Crippen LogP) is 2.56. The largest absolute Gasteiger partial charge is 0.313 e. The highest BCUT2D eigenvalue weighted by molar-refractivity contribution is 5.31. The second kappa shape index (κ2) is 4.79. The smallest absolute Gasteiger partial charge is 0.0360 e. The Kier molecular flexibility index (Phi) is 3.17. The first kappa shape index (κ1) is 11.2. The Labute approximate surface area is 104 Å². The van der Waals surface area contributed by atoms with Crippen molar-refractivity contribution in [2.75, 3.05) is 20.1 Å². The first-order valence-electron chi connectivity index (χ1n) is 6.83. The SMILES string of the molecule is CN(CC1CC1)C1CCNCc2ccccc21. The maximum atomic E-state index is 3.53.